The van der Waals surface area contributed by atoms with Crippen LogP contribution in [0.5, 0.6) is 11.5 Å². The second kappa shape index (κ2) is 22.4. The lowest BCUT2D eigenvalue weighted by Crippen LogP contribution is -2.42. The number of carboxylic acids is 1. The number of aromatic hydroxyl groups is 2. The van der Waals surface area contributed by atoms with Crippen molar-refractivity contribution < 1.29 is 35.4 Å². The molecule has 0 saturated heterocycles. The highest BCUT2D eigenvalue weighted by Gasteiger charge is 2.51. The quantitative estimate of drug-likeness (QED) is 0.0354. The molecule has 10 heteroatoms. The van der Waals surface area contributed by atoms with Crippen LogP contribution in [0.2, 0.25) is 0 Å². The molecule has 0 aliphatic heterocycles. The molecule has 0 amide bonds. The van der Waals surface area contributed by atoms with Gasteiger partial charge in [0.05, 0.1) is 23.7 Å². The monoisotopic (exact) mass is 904 g/mol. The normalized spacial score (nSPS) is 28.1. The van der Waals surface area contributed by atoms with E-state index in [2.05, 4.69) is 61.1 Å². The first-order valence-electron chi connectivity index (χ1n) is 25.2. The summed E-state index contributed by atoms with van der Waals surface area (Å²) in [5.41, 5.74) is 11.4. The predicted molar refractivity (Wildman–Crippen MR) is 262 cm³/mol. The van der Waals surface area contributed by atoms with Crippen molar-refractivity contribution >= 4 is 11.8 Å². The topological polar surface area (TPSA) is 193 Å². The average molecular weight is 904 g/mol. The summed E-state index contributed by atoms with van der Waals surface area (Å²) >= 11 is 0. The molecule has 7 rings (SSSR count). The minimum absolute atomic E-state index is 0.0192. The van der Waals surface area contributed by atoms with Crippen LogP contribution in [-0.4, -0.2) is 64.4 Å². The van der Waals surface area contributed by atoms with Gasteiger partial charge >= 0.3 is 5.97 Å². The van der Waals surface area contributed by atoms with Gasteiger partial charge in [0.15, 0.2) is 0 Å². The molecule has 10 nitrogen and oxygen atoms in total. The molecule has 2 aromatic carbocycles. The zero-order valence-electron chi connectivity index (χ0n) is 39.6. The van der Waals surface area contributed by atoms with Gasteiger partial charge in [-0.15, -0.1) is 0 Å². The molecule has 9 N–H and O–H groups in total. The number of carboxylic acid groups (broad SMARTS) is 1. The van der Waals surface area contributed by atoms with E-state index in [-0.39, 0.29) is 60.0 Å². The third kappa shape index (κ3) is 12.3. The van der Waals surface area contributed by atoms with E-state index in [0.29, 0.717) is 67.3 Å². The Hall–Kier alpha value is -4.64. The van der Waals surface area contributed by atoms with E-state index in [0.717, 1.165) is 67.5 Å². The van der Waals surface area contributed by atoms with Gasteiger partial charge in [-0.05, 0) is 154 Å². The first kappa shape index (κ1) is 49.3. The largest absolute Gasteiger partial charge is 0.508 e. The van der Waals surface area contributed by atoms with Crippen LogP contribution in [0.3, 0.4) is 0 Å². The van der Waals surface area contributed by atoms with Gasteiger partial charge in [0.25, 0.3) is 0 Å². The molecular formula is C56H77N3O7. The number of aliphatic hydroxyl groups is 3. The zero-order chi connectivity index (χ0) is 47.0. The fourth-order valence-electron chi connectivity index (χ4n) is 12.3. The van der Waals surface area contributed by atoms with Gasteiger partial charge < -0.3 is 41.4 Å². The van der Waals surface area contributed by atoms with Gasteiger partial charge in [-0.25, -0.2) is 4.98 Å². The Labute approximate surface area is 392 Å². The number of nitrogens with two attached hydrogens (primary N) is 1. The summed E-state index contributed by atoms with van der Waals surface area (Å²) < 4.78 is 0. The number of anilines is 1. The number of phenolic OH excluding ortho intramolecular Hbond substituents is 2. The van der Waals surface area contributed by atoms with Crippen molar-refractivity contribution in [3.05, 3.63) is 107 Å². The van der Waals surface area contributed by atoms with E-state index in [4.69, 9.17) is 5.73 Å². The number of nitrogens with one attached hydrogen (secondary N) is 1. The number of fused-ring (bicyclic) bond motifs is 1. The summed E-state index contributed by atoms with van der Waals surface area (Å²) in [7, 11) is 0. The lowest BCUT2D eigenvalue weighted by Gasteiger charge is -2.39. The van der Waals surface area contributed by atoms with Crippen LogP contribution in [0, 0.1) is 41.4 Å². The Balaban J connectivity index is 1.17. The molecule has 4 aromatic rings. The maximum Gasteiger partial charge on any atom is 0.309 e. The summed E-state index contributed by atoms with van der Waals surface area (Å²) in [6.07, 6.45) is 18.4. The number of rotatable bonds is 18. The molecule has 2 saturated carbocycles. The number of hydrogen-bond donors (Lipinski definition) is 8. The van der Waals surface area contributed by atoms with Crippen molar-refractivity contribution in [1.82, 2.24) is 9.97 Å². The predicted octanol–water partition coefficient (Wildman–Crippen LogP) is 10.9. The Morgan fingerprint density at radius 3 is 2.41 bits per heavy atom. The molecular weight excluding hydrogens is 827 g/mol. The van der Waals surface area contributed by atoms with Crippen molar-refractivity contribution in [1.29, 1.82) is 0 Å². The van der Waals surface area contributed by atoms with Crippen LogP contribution < -0.4 is 5.73 Å². The van der Waals surface area contributed by atoms with Crippen molar-refractivity contribution in [2.75, 3.05) is 5.73 Å². The number of unbranched alkanes of at least 4 members (excludes halogenated alkanes) is 3. The van der Waals surface area contributed by atoms with Gasteiger partial charge in [0.1, 0.15) is 17.3 Å². The molecule has 2 heterocycles. The number of nitrogen functional groups attached to an aromatic ring is 1. The molecule has 358 valence electrons. The Morgan fingerprint density at radius 2 is 1.67 bits per heavy atom. The van der Waals surface area contributed by atoms with E-state index in [9.17, 15) is 35.4 Å². The SMILES string of the molecule is CCCCC[C@@H]1C=C[C@@H](CCCC[C@H]2CC[C@@H](c3ccc(-c4cc(O)cc(O)c4Cc4ccccc4CC(C)C)[nH]3)[C@@H]3C[C@H](Cc4ccnc(N)c4)C[C@@]3(O)CC[C@H](O)[C@H]2C(=O)O)[C@H](O)C1. The molecule has 66 heavy (non-hydrogen) atoms. The maximum absolute atomic E-state index is 13.2. The highest BCUT2D eigenvalue weighted by atomic mass is 16.4. The number of allylic oxidation sites excluding steroid dienone is 1. The van der Waals surface area contributed by atoms with Gasteiger partial charge in [0, 0.05) is 53.0 Å². The number of H-pyrrole nitrogens is 1. The minimum atomic E-state index is -1.16. The molecule has 2 fully saturated rings. The smallest absolute Gasteiger partial charge is 0.309 e. The molecule has 3 aliphatic rings. The fraction of sp³-hybridized carbons (Fsp3) is 0.571. The molecule has 3 aliphatic carbocycles. The van der Waals surface area contributed by atoms with E-state index < -0.39 is 23.6 Å². The van der Waals surface area contributed by atoms with E-state index >= 15 is 0 Å². The zero-order valence-corrected chi connectivity index (χ0v) is 39.6. The van der Waals surface area contributed by atoms with Crippen LogP contribution in [0.1, 0.15) is 151 Å². The Morgan fingerprint density at radius 1 is 0.894 bits per heavy atom. The van der Waals surface area contributed by atoms with Crippen molar-refractivity contribution in [2.24, 2.45) is 41.4 Å². The number of benzene rings is 2. The van der Waals surface area contributed by atoms with Crippen LogP contribution in [0.25, 0.3) is 11.3 Å². The highest BCUT2D eigenvalue weighted by molar-refractivity contribution is 5.71. The number of hydrogen-bond acceptors (Lipinski definition) is 8. The standard InChI is InChI=1S/C56H77N3O7/c1-4-5-6-11-36-16-17-39(51(62)29-36)12-7-8-13-40-18-19-44(47-28-38(27-37-23-25-58-53(57)30-37)34-56(47,66)24-22-50(61)54(40)55(64)65)48-20-21-49(59-48)45-32-43(60)33-52(63)46(45)31-42-15-10-9-14-41(42)26-35(2)3/h9-10,14-17,20-21,23,25,30,32-33,35-36,38-40,44,47,50-51,54,59-63,66H,4-8,11-13,18-19,22,24,26-29,31,34H2,1-3H3,(H2,57,58)(H,64,65)/t36-,38+,39-,40+,44-,47+,50+,51-,54+,56+/m1/s1. The molecule has 2 aromatic heterocycles. The fourth-order valence-corrected chi connectivity index (χ4v) is 12.3. The van der Waals surface area contributed by atoms with E-state index in [1.807, 2.05) is 30.3 Å². The van der Waals surface area contributed by atoms with Gasteiger partial charge in [-0.1, -0.05) is 89.3 Å². The molecule has 0 unspecified atom stereocenters. The first-order chi connectivity index (χ1) is 31.7. The molecule has 10 atom stereocenters. The highest BCUT2D eigenvalue weighted by Crippen LogP contribution is 2.53. The lowest BCUT2D eigenvalue weighted by molar-refractivity contribution is -0.150. The number of pyridine rings is 1. The van der Waals surface area contributed by atoms with Crippen molar-refractivity contribution in [3.63, 3.8) is 0 Å². The number of aromatic nitrogens is 2. The molecule has 0 radical (unpaired) electrons. The van der Waals surface area contributed by atoms with E-state index in [1.165, 1.54) is 30.9 Å². The Bertz CT molecular complexity index is 2240. The Kier molecular flexibility index (Phi) is 16.7. The van der Waals surface area contributed by atoms with Crippen molar-refractivity contribution in [3.8, 4) is 22.8 Å². The summed E-state index contributed by atoms with van der Waals surface area (Å²) in [4.78, 5) is 21.1. The number of phenols is 2. The second-order valence-electron chi connectivity index (χ2n) is 21.0. The minimum Gasteiger partial charge on any atom is -0.508 e. The summed E-state index contributed by atoms with van der Waals surface area (Å²) in [5, 5.41) is 68.7. The third-order valence-corrected chi connectivity index (χ3v) is 15.6. The summed E-state index contributed by atoms with van der Waals surface area (Å²) in [5.74, 6) is -1.07. The van der Waals surface area contributed by atoms with Crippen molar-refractivity contribution in [2.45, 2.75) is 160 Å². The van der Waals surface area contributed by atoms with Crippen LogP contribution >= 0.6 is 0 Å². The molecule has 0 bridgehead atoms. The lowest BCUT2D eigenvalue weighted by atomic mass is 9.69. The summed E-state index contributed by atoms with van der Waals surface area (Å²) in [6, 6.07) is 19.3. The third-order valence-electron chi connectivity index (χ3n) is 15.6. The van der Waals surface area contributed by atoms with Crippen LogP contribution in [-0.2, 0) is 24.1 Å². The number of carbonyl (C=O) groups is 1. The van der Waals surface area contributed by atoms with Crippen LogP contribution in [0.15, 0.2) is 79.0 Å². The second-order valence-corrected chi connectivity index (χ2v) is 21.0. The number of aromatic amines is 1. The molecule has 0 spiro atoms. The summed E-state index contributed by atoms with van der Waals surface area (Å²) in [6.45, 7) is 6.60. The van der Waals surface area contributed by atoms with Gasteiger partial charge in [-0.3, -0.25) is 4.79 Å². The van der Waals surface area contributed by atoms with Crippen LogP contribution in [0.4, 0.5) is 5.82 Å². The number of aliphatic hydroxyl groups excluding tert-OH is 2. The average Bonchev–Trinajstić information content (AvgIpc) is 3.88. The number of nitrogens with zero attached hydrogens (tertiary/aromatic N) is 1. The maximum atomic E-state index is 13.2. The van der Waals surface area contributed by atoms with Gasteiger partial charge in [-0.2, -0.15) is 0 Å². The number of aliphatic carboxylic acids is 1. The first-order valence-corrected chi connectivity index (χ1v) is 25.2. The van der Waals surface area contributed by atoms with Gasteiger partial charge in [0.2, 0.25) is 0 Å². The van der Waals surface area contributed by atoms with E-state index in [1.54, 1.807) is 12.3 Å².